The Kier molecular flexibility index (Phi) is 3.05. The van der Waals surface area contributed by atoms with Crippen LogP contribution in [0.4, 0.5) is 5.82 Å². The fraction of sp³-hybridized carbons (Fsp3) is 0.0556. The lowest BCUT2D eigenvalue weighted by atomic mass is 9.96. The number of fused-ring (bicyclic) bond motifs is 1. The van der Waals surface area contributed by atoms with E-state index in [4.69, 9.17) is 0 Å². The highest BCUT2D eigenvalue weighted by Crippen LogP contribution is 2.29. The smallest absolute Gasteiger partial charge is 0.265 e. The summed E-state index contributed by atoms with van der Waals surface area (Å²) in [4.78, 5) is 25.1. The van der Waals surface area contributed by atoms with E-state index in [2.05, 4.69) is 10.4 Å². The maximum absolute atomic E-state index is 12.7. The third-order valence-electron chi connectivity index (χ3n) is 3.88. The lowest BCUT2D eigenvalue weighted by molar-refractivity contribution is -0.117. The molecule has 0 fully saturated rings. The van der Waals surface area contributed by atoms with E-state index in [0.29, 0.717) is 17.1 Å². The van der Waals surface area contributed by atoms with E-state index in [1.54, 1.807) is 18.2 Å². The number of amides is 1. The Bertz CT molecular complexity index is 885. The zero-order valence-electron chi connectivity index (χ0n) is 12.1. The molecule has 0 saturated carbocycles. The third kappa shape index (κ3) is 2.23. The molecule has 1 amide bonds. The molecule has 2 heterocycles. The Morgan fingerprint density at radius 1 is 0.913 bits per heavy atom. The van der Waals surface area contributed by atoms with E-state index in [-0.39, 0.29) is 11.8 Å². The van der Waals surface area contributed by atoms with Crippen LogP contribution in [0.5, 0.6) is 0 Å². The Hall–Kier alpha value is -3.21. The molecule has 1 aromatic heterocycles. The van der Waals surface area contributed by atoms with Gasteiger partial charge in [0.15, 0.2) is 0 Å². The van der Waals surface area contributed by atoms with Gasteiger partial charge in [0.25, 0.3) is 5.91 Å². The molecule has 1 aliphatic rings. The minimum Gasteiger partial charge on any atom is -0.309 e. The summed E-state index contributed by atoms with van der Waals surface area (Å²) in [5.74, 6) is -1.12. The molecule has 0 radical (unpaired) electrons. The van der Waals surface area contributed by atoms with Crippen molar-refractivity contribution in [1.29, 1.82) is 0 Å². The first-order valence-corrected chi connectivity index (χ1v) is 7.29. The Morgan fingerprint density at radius 3 is 2.26 bits per heavy atom. The Morgan fingerprint density at radius 2 is 1.57 bits per heavy atom. The largest absolute Gasteiger partial charge is 0.309 e. The first kappa shape index (κ1) is 13.5. The molecule has 0 spiro atoms. The first-order valence-electron chi connectivity index (χ1n) is 7.29. The summed E-state index contributed by atoms with van der Waals surface area (Å²) >= 11 is 0. The highest BCUT2D eigenvalue weighted by molar-refractivity contribution is 6.15. The average Bonchev–Trinajstić information content (AvgIpc) is 3.01. The molecule has 3 aromatic rings. The second kappa shape index (κ2) is 5.21. The molecule has 5 heteroatoms. The number of rotatable bonds is 2. The number of carbonyl (C=O) groups excluding carboxylic acids is 2. The molecule has 2 aromatic carbocycles. The number of hydrogen-bond acceptors (Lipinski definition) is 3. The van der Waals surface area contributed by atoms with Crippen LogP contribution in [0.25, 0.3) is 11.3 Å². The van der Waals surface area contributed by atoms with Crippen molar-refractivity contribution in [2.75, 3.05) is 5.32 Å². The van der Waals surface area contributed by atoms with Crippen molar-refractivity contribution in [3.8, 4) is 11.3 Å². The summed E-state index contributed by atoms with van der Waals surface area (Å²) in [6.07, 6.45) is 0. The van der Waals surface area contributed by atoms with Gasteiger partial charge in [0.05, 0.1) is 5.69 Å². The number of nitrogens with zero attached hydrogens (tertiary/aromatic N) is 2. The van der Waals surface area contributed by atoms with Crippen LogP contribution in [0.3, 0.4) is 0 Å². The summed E-state index contributed by atoms with van der Waals surface area (Å²) in [6, 6.07) is 20.3. The predicted octanol–water partition coefficient (Wildman–Crippen LogP) is 2.93. The van der Waals surface area contributed by atoms with Crippen LogP contribution in [-0.2, 0) is 4.79 Å². The second-order valence-corrected chi connectivity index (χ2v) is 5.36. The molecule has 0 saturated heterocycles. The fourth-order valence-corrected chi connectivity index (χ4v) is 2.76. The standard InChI is InChI=1S/C18H13N3O2/c22-17-16(13-9-5-2-6-10-13)18(23)21-15(19-17)11-14(20-21)12-7-3-1-4-8-12/h1-11,16H,(H,19,22)/t16-/m0/s1. The van der Waals surface area contributed by atoms with Crippen molar-refractivity contribution in [2.24, 2.45) is 0 Å². The maximum atomic E-state index is 12.7. The van der Waals surface area contributed by atoms with Gasteiger partial charge in [-0.25, -0.2) is 0 Å². The van der Waals surface area contributed by atoms with Crippen LogP contribution in [0, 0.1) is 0 Å². The summed E-state index contributed by atoms with van der Waals surface area (Å²) in [6.45, 7) is 0. The highest BCUT2D eigenvalue weighted by atomic mass is 16.2. The SMILES string of the molecule is O=C1Nc2cc(-c3ccccc3)nn2C(=O)[C@H]1c1ccccc1. The van der Waals surface area contributed by atoms with E-state index >= 15 is 0 Å². The number of anilines is 1. The molecular weight excluding hydrogens is 290 g/mol. The predicted molar refractivity (Wildman–Crippen MR) is 86.1 cm³/mol. The van der Waals surface area contributed by atoms with Crippen LogP contribution in [0.2, 0.25) is 0 Å². The van der Waals surface area contributed by atoms with Crippen LogP contribution in [0.15, 0.2) is 66.7 Å². The molecule has 4 rings (SSSR count). The topological polar surface area (TPSA) is 64.0 Å². The Labute approximate surface area is 132 Å². The molecule has 0 bridgehead atoms. The van der Waals surface area contributed by atoms with E-state index in [0.717, 1.165) is 5.56 Å². The van der Waals surface area contributed by atoms with Gasteiger partial charge in [0.2, 0.25) is 5.91 Å². The van der Waals surface area contributed by atoms with E-state index < -0.39 is 5.92 Å². The monoisotopic (exact) mass is 303 g/mol. The van der Waals surface area contributed by atoms with Gasteiger partial charge in [-0.05, 0) is 5.56 Å². The van der Waals surface area contributed by atoms with Crippen LogP contribution in [0.1, 0.15) is 16.3 Å². The van der Waals surface area contributed by atoms with Gasteiger partial charge in [-0.3, -0.25) is 9.59 Å². The lowest BCUT2D eigenvalue weighted by Crippen LogP contribution is -2.38. The maximum Gasteiger partial charge on any atom is 0.265 e. The third-order valence-corrected chi connectivity index (χ3v) is 3.88. The quantitative estimate of drug-likeness (QED) is 0.740. The van der Waals surface area contributed by atoms with Crippen LogP contribution >= 0.6 is 0 Å². The average molecular weight is 303 g/mol. The summed E-state index contributed by atoms with van der Waals surface area (Å²) < 4.78 is 1.28. The summed E-state index contributed by atoms with van der Waals surface area (Å²) in [5, 5.41) is 7.13. The summed E-state index contributed by atoms with van der Waals surface area (Å²) in [5.41, 5.74) is 2.22. The Balaban J connectivity index is 1.77. The van der Waals surface area contributed by atoms with Crippen molar-refractivity contribution in [1.82, 2.24) is 9.78 Å². The molecule has 0 unspecified atom stereocenters. The van der Waals surface area contributed by atoms with Gasteiger partial charge >= 0.3 is 0 Å². The number of nitrogens with one attached hydrogen (secondary N) is 1. The second-order valence-electron chi connectivity index (χ2n) is 5.36. The van der Waals surface area contributed by atoms with Crippen molar-refractivity contribution < 1.29 is 9.59 Å². The molecule has 1 atom stereocenters. The number of benzene rings is 2. The van der Waals surface area contributed by atoms with E-state index in [1.807, 2.05) is 48.5 Å². The number of hydrogen-bond donors (Lipinski definition) is 1. The minimum atomic E-state index is -0.868. The number of carbonyl (C=O) groups is 2. The van der Waals surface area contributed by atoms with Gasteiger partial charge in [0, 0.05) is 11.6 Å². The molecule has 1 aliphatic heterocycles. The lowest BCUT2D eigenvalue weighted by Gasteiger charge is -2.21. The van der Waals surface area contributed by atoms with Crippen molar-refractivity contribution in [2.45, 2.75) is 5.92 Å². The zero-order chi connectivity index (χ0) is 15.8. The molecule has 112 valence electrons. The van der Waals surface area contributed by atoms with Gasteiger partial charge in [0.1, 0.15) is 11.7 Å². The molecule has 23 heavy (non-hydrogen) atoms. The normalized spacial score (nSPS) is 16.8. The molecule has 0 aliphatic carbocycles. The van der Waals surface area contributed by atoms with Gasteiger partial charge in [-0.1, -0.05) is 60.7 Å². The number of aromatic nitrogens is 2. The zero-order valence-corrected chi connectivity index (χ0v) is 12.1. The van der Waals surface area contributed by atoms with E-state index in [9.17, 15) is 9.59 Å². The van der Waals surface area contributed by atoms with Gasteiger partial charge in [-0.2, -0.15) is 9.78 Å². The van der Waals surface area contributed by atoms with Gasteiger partial charge < -0.3 is 5.32 Å². The van der Waals surface area contributed by atoms with Crippen molar-refractivity contribution >= 4 is 17.6 Å². The fourth-order valence-electron chi connectivity index (χ4n) is 2.76. The van der Waals surface area contributed by atoms with Crippen molar-refractivity contribution in [3.63, 3.8) is 0 Å². The van der Waals surface area contributed by atoms with Crippen LogP contribution < -0.4 is 5.32 Å². The minimum absolute atomic E-state index is 0.326. The van der Waals surface area contributed by atoms with Crippen LogP contribution in [-0.4, -0.2) is 21.6 Å². The highest BCUT2D eigenvalue weighted by Gasteiger charge is 2.36. The van der Waals surface area contributed by atoms with E-state index in [1.165, 1.54) is 4.68 Å². The van der Waals surface area contributed by atoms with Gasteiger partial charge in [-0.15, -0.1) is 0 Å². The van der Waals surface area contributed by atoms with Crippen molar-refractivity contribution in [3.05, 3.63) is 72.3 Å². The molecular formula is C18H13N3O2. The molecule has 1 N–H and O–H groups in total. The first-order chi connectivity index (χ1) is 11.2. The summed E-state index contributed by atoms with van der Waals surface area (Å²) in [7, 11) is 0. The molecule has 5 nitrogen and oxygen atoms in total.